The lowest BCUT2D eigenvalue weighted by Gasteiger charge is -2.18. The molecule has 1 nitrogen and oxygen atoms in total. The van der Waals surface area contributed by atoms with Crippen LogP contribution < -0.4 is 0 Å². The monoisotopic (exact) mass is 166 g/mol. The molecule has 0 N–H and O–H groups in total. The molecule has 1 saturated carbocycles. The first-order valence-corrected chi connectivity index (χ1v) is 5.05. The van der Waals surface area contributed by atoms with E-state index in [1.165, 1.54) is 19.3 Å². The summed E-state index contributed by atoms with van der Waals surface area (Å²) in [5.41, 5.74) is 0. The molecule has 0 spiro atoms. The Labute approximate surface area is 74.9 Å². The number of carbonyl (C=O) groups excluding carboxylic acids is 1. The van der Waals surface area contributed by atoms with Gasteiger partial charge in [-0.25, -0.2) is 0 Å². The van der Waals surface area contributed by atoms with Crippen molar-refractivity contribution in [1.82, 2.24) is 0 Å². The van der Waals surface area contributed by atoms with Crippen LogP contribution in [0.1, 0.15) is 45.4 Å². The summed E-state index contributed by atoms with van der Waals surface area (Å²) in [5.74, 6) is 0.707. The molecule has 0 aromatic carbocycles. The molecule has 0 radical (unpaired) electrons. The number of allylic oxidation sites excluding steroid dienone is 2. The van der Waals surface area contributed by atoms with E-state index in [9.17, 15) is 4.79 Å². The highest BCUT2D eigenvalue weighted by atomic mass is 16.1. The molecule has 1 aliphatic rings. The molecule has 1 aliphatic carbocycles. The first-order valence-electron chi connectivity index (χ1n) is 5.05. The van der Waals surface area contributed by atoms with Gasteiger partial charge in [0.2, 0.25) is 0 Å². The highest BCUT2D eigenvalue weighted by molar-refractivity contribution is 5.91. The van der Waals surface area contributed by atoms with Crippen molar-refractivity contribution < 1.29 is 4.79 Å². The zero-order chi connectivity index (χ0) is 8.81. The highest BCUT2D eigenvalue weighted by Crippen LogP contribution is 2.24. The minimum atomic E-state index is 0.349. The van der Waals surface area contributed by atoms with Gasteiger partial charge in [-0.05, 0) is 25.3 Å². The summed E-state index contributed by atoms with van der Waals surface area (Å²) >= 11 is 0. The molecular formula is C11H18O. The van der Waals surface area contributed by atoms with Gasteiger partial charge < -0.3 is 0 Å². The van der Waals surface area contributed by atoms with Gasteiger partial charge >= 0.3 is 0 Å². The lowest BCUT2D eigenvalue weighted by Crippen LogP contribution is -2.15. The van der Waals surface area contributed by atoms with Gasteiger partial charge in [-0.15, -0.1) is 0 Å². The Kier molecular flexibility index (Phi) is 4.06. The molecule has 12 heavy (non-hydrogen) atoms. The van der Waals surface area contributed by atoms with E-state index < -0.39 is 0 Å². The Bertz CT molecular complexity index is 164. The molecule has 0 heterocycles. The van der Waals surface area contributed by atoms with Crippen molar-refractivity contribution in [2.75, 3.05) is 0 Å². The summed E-state index contributed by atoms with van der Waals surface area (Å²) < 4.78 is 0. The molecule has 0 amide bonds. The average molecular weight is 166 g/mol. The minimum Gasteiger partial charge on any atom is -0.295 e. The van der Waals surface area contributed by atoms with Crippen LogP contribution >= 0.6 is 0 Å². The van der Waals surface area contributed by atoms with Crippen LogP contribution in [0.4, 0.5) is 0 Å². The van der Waals surface area contributed by atoms with Crippen LogP contribution in [0.25, 0.3) is 0 Å². The quantitative estimate of drug-likeness (QED) is 0.589. The molecule has 1 rings (SSSR count). The van der Waals surface area contributed by atoms with Crippen LogP contribution in [0, 0.1) is 5.92 Å². The number of rotatable bonds is 3. The van der Waals surface area contributed by atoms with E-state index in [2.05, 4.69) is 6.92 Å². The molecule has 0 aromatic rings. The van der Waals surface area contributed by atoms with E-state index in [4.69, 9.17) is 0 Å². The van der Waals surface area contributed by atoms with Crippen molar-refractivity contribution >= 4 is 5.78 Å². The first-order chi connectivity index (χ1) is 5.84. The van der Waals surface area contributed by atoms with Crippen molar-refractivity contribution in [3.05, 3.63) is 12.2 Å². The second kappa shape index (κ2) is 5.13. The van der Waals surface area contributed by atoms with E-state index >= 15 is 0 Å². The van der Waals surface area contributed by atoms with E-state index in [0.717, 1.165) is 19.3 Å². The number of carbonyl (C=O) groups is 1. The number of hydrogen-bond donors (Lipinski definition) is 0. The van der Waals surface area contributed by atoms with Crippen molar-refractivity contribution in [3.63, 3.8) is 0 Å². The van der Waals surface area contributed by atoms with E-state index in [-0.39, 0.29) is 0 Å². The fourth-order valence-electron chi connectivity index (χ4n) is 1.76. The fourth-order valence-corrected chi connectivity index (χ4v) is 1.76. The minimum absolute atomic E-state index is 0.349. The Morgan fingerprint density at radius 1 is 1.33 bits per heavy atom. The summed E-state index contributed by atoms with van der Waals surface area (Å²) in [6.45, 7) is 2.06. The third-order valence-corrected chi connectivity index (χ3v) is 2.53. The van der Waals surface area contributed by atoms with Gasteiger partial charge in [0.05, 0.1) is 0 Å². The topological polar surface area (TPSA) is 17.1 Å². The SMILES string of the molecule is CCC=CC(=O)C1CCCCC1. The smallest absolute Gasteiger partial charge is 0.158 e. The fraction of sp³-hybridized carbons (Fsp3) is 0.727. The van der Waals surface area contributed by atoms with E-state index in [1.54, 1.807) is 6.08 Å². The molecular weight excluding hydrogens is 148 g/mol. The van der Waals surface area contributed by atoms with Gasteiger partial charge in [0, 0.05) is 5.92 Å². The summed E-state index contributed by atoms with van der Waals surface area (Å²) in [4.78, 5) is 11.5. The molecule has 0 aliphatic heterocycles. The molecule has 0 saturated heterocycles. The predicted octanol–water partition coefficient (Wildman–Crippen LogP) is 3.10. The Balaban J connectivity index is 2.34. The lowest BCUT2D eigenvalue weighted by atomic mass is 9.86. The van der Waals surface area contributed by atoms with Crippen LogP contribution in [-0.4, -0.2) is 5.78 Å². The zero-order valence-electron chi connectivity index (χ0n) is 7.88. The third kappa shape index (κ3) is 2.80. The molecule has 1 heteroatoms. The van der Waals surface area contributed by atoms with Gasteiger partial charge in [0.25, 0.3) is 0 Å². The average Bonchev–Trinajstić information content (AvgIpc) is 2.15. The molecule has 1 fully saturated rings. The summed E-state index contributed by atoms with van der Waals surface area (Å²) in [6.07, 6.45) is 10.8. The first kappa shape index (κ1) is 9.50. The third-order valence-electron chi connectivity index (χ3n) is 2.53. The summed E-state index contributed by atoms with van der Waals surface area (Å²) in [6, 6.07) is 0. The predicted molar refractivity (Wildman–Crippen MR) is 51.0 cm³/mol. The second-order valence-corrected chi connectivity index (χ2v) is 3.55. The Morgan fingerprint density at radius 2 is 2.00 bits per heavy atom. The standard InChI is InChI=1S/C11H18O/c1-2-3-9-11(12)10-7-5-4-6-8-10/h3,9-10H,2,4-8H2,1H3. The summed E-state index contributed by atoms with van der Waals surface area (Å²) in [5, 5.41) is 0. The van der Waals surface area contributed by atoms with Crippen LogP contribution in [0.3, 0.4) is 0 Å². The largest absolute Gasteiger partial charge is 0.295 e. The normalized spacial score (nSPS) is 20.1. The zero-order valence-corrected chi connectivity index (χ0v) is 7.88. The van der Waals surface area contributed by atoms with Crippen LogP contribution in [0.15, 0.2) is 12.2 Å². The number of hydrogen-bond acceptors (Lipinski definition) is 1. The van der Waals surface area contributed by atoms with Gasteiger partial charge in [0.15, 0.2) is 5.78 Å². The van der Waals surface area contributed by atoms with Crippen molar-refractivity contribution in [2.45, 2.75) is 45.4 Å². The Hall–Kier alpha value is -0.590. The summed E-state index contributed by atoms with van der Waals surface area (Å²) in [7, 11) is 0. The van der Waals surface area contributed by atoms with E-state index in [0.29, 0.717) is 11.7 Å². The van der Waals surface area contributed by atoms with Gasteiger partial charge in [-0.3, -0.25) is 4.79 Å². The van der Waals surface area contributed by atoms with Crippen molar-refractivity contribution in [2.24, 2.45) is 5.92 Å². The van der Waals surface area contributed by atoms with Gasteiger partial charge in [-0.2, -0.15) is 0 Å². The van der Waals surface area contributed by atoms with Crippen molar-refractivity contribution in [3.8, 4) is 0 Å². The highest BCUT2D eigenvalue weighted by Gasteiger charge is 2.18. The lowest BCUT2D eigenvalue weighted by molar-refractivity contribution is -0.119. The van der Waals surface area contributed by atoms with Crippen LogP contribution in [-0.2, 0) is 4.79 Å². The van der Waals surface area contributed by atoms with Crippen molar-refractivity contribution in [1.29, 1.82) is 0 Å². The molecule has 0 atom stereocenters. The van der Waals surface area contributed by atoms with Crippen LogP contribution in [0.5, 0.6) is 0 Å². The maximum Gasteiger partial charge on any atom is 0.158 e. The molecule has 0 aromatic heterocycles. The maximum atomic E-state index is 11.5. The van der Waals surface area contributed by atoms with Gasteiger partial charge in [-0.1, -0.05) is 32.3 Å². The number of ketones is 1. The van der Waals surface area contributed by atoms with E-state index in [1.807, 2.05) is 6.08 Å². The van der Waals surface area contributed by atoms with Crippen LogP contribution in [0.2, 0.25) is 0 Å². The van der Waals surface area contributed by atoms with Gasteiger partial charge in [0.1, 0.15) is 0 Å². The maximum absolute atomic E-state index is 11.5. The molecule has 0 bridgehead atoms. The second-order valence-electron chi connectivity index (χ2n) is 3.55. The molecule has 0 unspecified atom stereocenters. The molecule has 68 valence electrons. The Morgan fingerprint density at radius 3 is 2.58 bits per heavy atom.